The summed E-state index contributed by atoms with van der Waals surface area (Å²) in [6.45, 7) is 6.51. The van der Waals surface area contributed by atoms with Gasteiger partial charge in [0.25, 0.3) is 17.5 Å². The highest BCUT2D eigenvalue weighted by Crippen LogP contribution is 2.38. The molecule has 0 bridgehead atoms. The number of anilines is 1. The first-order chi connectivity index (χ1) is 15.2. The molecule has 1 fully saturated rings. The Morgan fingerprint density at radius 1 is 1.03 bits per heavy atom. The minimum Gasteiger partial charge on any atom is -0.372 e. The van der Waals surface area contributed by atoms with Crippen LogP contribution in [-0.2, 0) is 14.3 Å². The lowest BCUT2D eigenvalue weighted by molar-refractivity contribution is -0.384. The molecule has 2 heterocycles. The number of morpholine rings is 1. The summed E-state index contributed by atoms with van der Waals surface area (Å²) in [5.74, 6) is -0.939. The fourth-order valence-corrected chi connectivity index (χ4v) is 4.39. The molecule has 9 heteroatoms. The number of carbonyl (C=O) groups excluding carboxylic acids is 2. The number of nitro benzene ring substituents is 1. The van der Waals surface area contributed by atoms with E-state index < -0.39 is 16.7 Å². The molecule has 8 nitrogen and oxygen atoms in total. The summed E-state index contributed by atoms with van der Waals surface area (Å²) in [6, 6.07) is 10.7. The zero-order valence-corrected chi connectivity index (χ0v) is 18.6. The Balaban J connectivity index is 1.86. The van der Waals surface area contributed by atoms with Gasteiger partial charge < -0.3 is 9.64 Å². The smallest absolute Gasteiger partial charge is 0.282 e. The zero-order chi connectivity index (χ0) is 23.2. The molecule has 2 amide bonds. The van der Waals surface area contributed by atoms with E-state index >= 15 is 0 Å². The van der Waals surface area contributed by atoms with Gasteiger partial charge in [-0.25, -0.2) is 4.90 Å². The predicted molar refractivity (Wildman–Crippen MR) is 120 cm³/mol. The number of aryl methyl sites for hydroxylation is 1. The summed E-state index contributed by atoms with van der Waals surface area (Å²) in [7, 11) is 0. The molecule has 0 saturated carbocycles. The topological polar surface area (TPSA) is 93.0 Å². The van der Waals surface area contributed by atoms with Gasteiger partial charge in [0.2, 0.25) is 0 Å². The number of ether oxygens (including phenoxy) is 1. The fraction of sp³-hybridized carbons (Fsp3) is 0.304. The molecule has 0 N–H and O–H groups in total. The number of carbonyl (C=O) groups is 2. The van der Waals surface area contributed by atoms with Gasteiger partial charge in [0.05, 0.1) is 28.4 Å². The number of nitrogens with zero attached hydrogens (tertiary/aromatic N) is 3. The molecule has 0 spiro atoms. The Morgan fingerprint density at radius 3 is 2.25 bits per heavy atom. The first kappa shape index (κ1) is 22.0. The van der Waals surface area contributed by atoms with E-state index in [1.807, 2.05) is 18.7 Å². The highest BCUT2D eigenvalue weighted by atomic mass is 35.5. The van der Waals surface area contributed by atoms with Crippen molar-refractivity contribution in [2.24, 2.45) is 0 Å². The van der Waals surface area contributed by atoms with E-state index in [1.54, 1.807) is 25.1 Å². The maximum atomic E-state index is 13.7. The first-order valence-corrected chi connectivity index (χ1v) is 10.6. The van der Waals surface area contributed by atoms with E-state index in [0.717, 1.165) is 10.5 Å². The van der Waals surface area contributed by atoms with E-state index in [2.05, 4.69) is 0 Å². The third-order valence-corrected chi connectivity index (χ3v) is 5.81. The number of nitro groups is 1. The van der Waals surface area contributed by atoms with Crippen LogP contribution < -0.4 is 4.90 Å². The zero-order valence-electron chi connectivity index (χ0n) is 17.9. The summed E-state index contributed by atoms with van der Waals surface area (Å²) < 4.78 is 5.80. The highest BCUT2D eigenvalue weighted by molar-refractivity contribution is 6.45. The second kappa shape index (κ2) is 8.37. The number of imide groups is 1. The molecule has 2 aliphatic heterocycles. The van der Waals surface area contributed by atoms with Crippen molar-refractivity contribution in [3.05, 3.63) is 74.4 Å². The quantitative estimate of drug-likeness (QED) is 0.393. The molecule has 2 atom stereocenters. The summed E-state index contributed by atoms with van der Waals surface area (Å²) >= 11 is 6.16. The van der Waals surface area contributed by atoms with Crippen molar-refractivity contribution >= 4 is 40.4 Å². The highest BCUT2D eigenvalue weighted by Gasteiger charge is 2.44. The molecule has 0 aliphatic carbocycles. The van der Waals surface area contributed by atoms with E-state index in [0.29, 0.717) is 29.4 Å². The molecule has 2 aromatic carbocycles. The van der Waals surface area contributed by atoms with Crippen LogP contribution in [0.3, 0.4) is 0 Å². The van der Waals surface area contributed by atoms with E-state index in [-0.39, 0.29) is 29.2 Å². The lowest BCUT2D eigenvalue weighted by atomic mass is 10.0. The molecule has 166 valence electrons. The van der Waals surface area contributed by atoms with Crippen LogP contribution in [-0.4, -0.2) is 46.9 Å². The van der Waals surface area contributed by atoms with Crippen molar-refractivity contribution in [3.63, 3.8) is 0 Å². The lowest BCUT2D eigenvalue weighted by Gasteiger charge is -2.37. The second-order valence-electron chi connectivity index (χ2n) is 8.07. The molecule has 1 saturated heterocycles. The number of hydrogen-bond acceptors (Lipinski definition) is 6. The van der Waals surface area contributed by atoms with Gasteiger partial charge in [-0.3, -0.25) is 19.7 Å². The van der Waals surface area contributed by atoms with Gasteiger partial charge in [-0.1, -0.05) is 17.7 Å². The maximum Gasteiger partial charge on any atom is 0.282 e. The summed E-state index contributed by atoms with van der Waals surface area (Å²) in [5.41, 5.74) is 1.97. The van der Waals surface area contributed by atoms with E-state index in [4.69, 9.17) is 16.3 Å². The van der Waals surface area contributed by atoms with Crippen LogP contribution in [0, 0.1) is 17.0 Å². The molecule has 2 unspecified atom stereocenters. The number of benzene rings is 2. The maximum absolute atomic E-state index is 13.7. The van der Waals surface area contributed by atoms with Gasteiger partial charge >= 0.3 is 0 Å². The normalized spacial score (nSPS) is 21.5. The Hall–Kier alpha value is -3.23. The van der Waals surface area contributed by atoms with Gasteiger partial charge in [0.15, 0.2) is 0 Å². The van der Waals surface area contributed by atoms with Crippen LogP contribution in [0.15, 0.2) is 48.2 Å². The van der Waals surface area contributed by atoms with Gasteiger partial charge in [-0.2, -0.15) is 0 Å². The Labute approximate surface area is 190 Å². The van der Waals surface area contributed by atoms with Crippen molar-refractivity contribution in [1.29, 1.82) is 0 Å². The van der Waals surface area contributed by atoms with Crippen molar-refractivity contribution in [3.8, 4) is 0 Å². The number of non-ortho nitro benzene ring substituents is 1. The molecule has 32 heavy (non-hydrogen) atoms. The van der Waals surface area contributed by atoms with Crippen LogP contribution in [0.5, 0.6) is 0 Å². The SMILES string of the molecule is Cc1ccc(Cl)cc1N1C(=O)C(c2ccc([N+](=O)[O-])cc2)=C(N2CC(C)OC(C)C2)C1=O. The number of halogens is 1. The molecule has 0 radical (unpaired) electrons. The average Bonchev–Trinajstić information content (AvgIpc) is 2.99. The third kappa shape index (κ3) is 3.87. The van der Waals surface area contributed by atoms with Crippen molar-refractivity contribution in [2.45, 2.75) is 33.0 Å². The third-order valence-electron chi connectivity index (χ3n) is 5.57. The predicted octanol–water partition coefficient (Wildman–Crippen LogP) is 3.95. The van der Waals surface area contributed by atoms with Crippen LogP contribution in [0.2, 0.25) is 5.02 Å². The van der Waals surface area contributed by atoms with Crippen LogP contribution in [0.25, 0.3) is 5.57 Å². The standard InChI is InChI=1S/C23H22ClN3O5/c1-13-4-7-17(24)10-19(13)26-22(28)20(16-5-8-18(9-6-16)27(30)31)21(23(26)29)25-11-14(2)32-15(3)12-25/h4-10,14-15H,11-12H2,1-3H3. The number of rotatable bonds is 4. The summed E-state index contributed by atoms with van der Waals surface area (Å²) in [6.07, 6.45) is -0.261. The molecule has 4 rings (SSSR count). The first-order valence-electron chi connectivity index (χ1n) is 10.2. The van der Waals surface area contributed by atoms with Gasteiger partial charge in [-0.05, 0) is 56.2 Å². The Morgan fingerprint density at radius 2 is 1.66 bits per heavy atom. The van der Waals surface area contributed by atoms with Gasteiger partial charge in [-0.15, -0.1) is 0 Å². The minimum absolute atomic E-state index is 0.0937. The lowest BCUT2D eigenvalue weighted by Crippen LogP contribution is -2.47. The average molecular weight is 456 g/mol. The van der Waals surface area contributed by atoms with Crippen molar-refractivity contribution < 1.29 is 19.2 Å². The monoisotopic (exact) mass is 455 g/mol. The summed E-state index contributed by atoms with van der Waals surface area (Å²) in [5, 5.41) is 11.5. The van der Waals surface area contributed by atoms with Crippen LogP contribution in [0.1, 0.15) is 25.0 Å². The number of hydrogen-bond donors (Lipinski definition) is 0. The largest absolute Gasteiger partial charge is 0.372 e. The molecular formula is C23H22ClN3O5. The molecule has 0 aromatic heterocycles. The van der Waals surface area contributed by atoms with Crippen molar-refractivity contribution in [1.82, 2.24) is 4.90 Å². The Bertz CT molecular complexity index is 1130. The molecule has 2 aromatic rings. The van der Waals surface area contributed by atoms with Crippen molar-refractivity contribution in [2.75, 3.05) is 18.0 Å². The van der Waals surface area contributed by atoms with Crippen LogP contribution in [0.4, 0.5) is 11.4 Å². The second-order valence-corrected chi connectivity index (χ2v) is 8.50. The fourth-order valence-electron chi connectivity index (χ4n) is 4.22. The van der Waals surface area contributed by atoms with Crippen LogP contribution >= 0.6 is 11.6 Å². The molecular weight excluding hydrogens is 434 g/mol. The molecule has 2 aliphatic rings. The van der Waals surface area contributed by atoms with Gasteiger partial charge in [0.1, 0.15) is 5.70 Å². The van der Waals surface area contributed by atoms with E-state index in [9.17, 15) is 19.7 Å². The Kier molecular flexibility index (Phi) is 5.75. The van der Waals surface area contributed by atoms with E-state index in [1.165, 1.54) is 24.3 Å². The number of amides is 2. The summed E-state index contributed by atoms with van der Waals surface area (Å²) in [4.78, 5) is 40.9. The minimum atomic E-state index is -0.506. The van der Waals surface area contributed by atoms with Gasteiger partial charge in [0, 0.05) is 30.2 Å².